The SMILES string of the molecule is CC(C)N(C(C)C)P(C(=N)c1[c-]cccc1)N(C(C)C)C(C)C.CCO[P+](=O)OCC.[CH]1[CH][CH][CH][CH]1.[CH]1[CH][CH][CH][CH]1.[Zr+3]. The first kappa shape index (κ1) is 44.3. The molecule has 2 aliphatic carbocycles. The fourth-order valence-corrected chi connectivity index (χ4v) is 7.26. The minimum atomic E-state index is -1.83. The molecule has 6 nitrogen and oxygen atoms in total. The van der Waals surface area contributed by atoms with Gasteiger partial charge in [-0.25, -0.2) is 0 Å². The van der Waals surface area contributed by atoms with Crippen LogP contribution >= 0.6 is 16.5 Å². The third kappa shape index (κ3) is 19.5. The minimum Gasteiger partial charge on any atom is -0.346 e. The Bertz CT molecular complexity index is 721. The minimum absolute atomic E-state index is 0. The van der Waals surface area contributed by atoms with Crippen molar-refractivity contribution >= 4 is 21.9 Å². The fourth-order valence-electron chi connectivity index (χ4n) is 3.96. The van der Waals surface area contributed by atoms with E-state index in [9.17, 15) is 4.57 Å². The standard InChI is InChI=1S/C19H33N3P.2C5H5.C4H10O3P.Zr/c1-14(2)21(15(3)4)23(22(16(5)6)17(7)8)19(20)18-12-10-9-11-13-18;2*1-2-4-5-3-1;1-3-6-8(5)7-4-2;/h9-12,14-17,20H,1-8H3;2*1-5H;3-4H2,1-2H3;/q-1;;;+1;+3. The van der Waals surface area contributed by atoms with Crippen molar-refractivity contribution in [3.8, 4) is 0 Å². The van der Waals surface area contributed by atoms with Crippen LogP contribution in [0.3, 0.4) is 0 Å². The molecule has 1 aromatic rings. The van der Waals surface area contributed by atoms with Crippen LogP contribution in [0.15, 0.2) is 24.3 Å². The van der Waals surface area contributed by atoms with Gasteiger partial charge in [0.2, 0.25) is 0 Å². The van der Waals surface area contributed by atoms with Gasteiger partial charge in [-0.15, -0.1) is 44.9 Å². The quantitative estimate of drug-likeness (QED) is 0.135. The van der Waals surface area contributed by atoms with E-state index in [1.54, 1.807) is 13.8 Å². The maximum atomic E-state index is 10.3. The van der Waals surface area contributed by atoms with Crippen LogP contribution in [0.25, 0.3) is 0 Å². The Morgan fingerprint density at radius 2 is 1.07 bits per heavy atom. The number of nitrogens with one attached hydrogen (secondary N) is 1. The van der Waals surface area contributed by atoms with Gasteiger partial charge in [0, 0.05) is 42.4 Å². The van der Waals surface area contributed by atoms with E-state index in [0.29, 0.717) is 42.8 Å². The number of hydrogen-bond donors (Lipinski definition) is 1. The van der Waals surface area contributed by atoms with Gasteiger partial charge in [-0.1, -0.05) is 0 Å². The summed E-state index contributed by atoms with van der Waals surface area (Å²) in [6.45, 7) is 22.3. The number of nitrogens with zero attached hydrogens (tertiary/aromatic N) is 2. The van der Waals surface area contributed by atoms with E-state index in [1.807, 2.05) is 88.5 Å². The van der Waals surface area contributed by atoms with E-state index in [0.717, 1.165) is 5.56 Å². The van der Waals surface area contributed by atoms with Crippen LogP contribution in [0.5, 0.6) is 0 Å². The van der Waals surface area contributed by atoms with Gasteiger partial charge in [0.15, 0.2) is 0 Å². The Labute approximate surface area is 281 Å². The third-order valence-corrected chi connectivity index (χ3v) is 9.60. The van der Waals surface area contributed by atoms with E-state index in [1.165, 1.54) is 0 Å². The van der Waals surface area contributed by atoms with Gasteiger partial charge >= 0.3 is 34.5 Å². The first-order valence-corrected chi connectivity index (χ1v) is 16.8. The average molecular weight is 693 g/mol. The van der Waals surface area contributed by atoms with Crippen LogP contribution < -0.4 is 0 Å². The molecule has 1 N–H and O–H groups in total. The monoisotopic (exact) mass is 691 g/mol. The van der Waals surface area contributed by atoms with Crippen LogP contribution in [-0.2, 0) is 39.8 Å². The van der Waals surface area contributed by atoms with Crippen LogP contribution in [0.4, 0.5) is 0 Å². The molecule has 3 rings (SSSR count). The smallest absolute Gasteiger partial charge is 0.346 e. The molecule has 1 aromatic carbocycles. The van der Waals surface area contributed by atoms with Gasteiger partial charge < -0.3 is 5.41 Å². The van der Waals surface area contributed by atoms with Crippen molar-refractivity contribution in [2.24, 2.45) is 0 Å². The molecule has 11 radical (unpaired) electrons. The second-order valence-corrected chi connectivity index (χ2v) is 12.9. The molecular weight excluding hydrogens is 640 g/mol. The largest absolute Gasteiger partial charge is 3.00 e. The fraction of sp³-hybridized carbons (Fsp3) is 0.485. The molecule has 2 saturated carbocycles. The van der Waals surface area contributed by atoms with Gasteiger partial charge in [-0.05, 0) is 133 Å². The zero-order valence-corrected chi connectivity index (χ0v) is 31.6. The first-order chi connectivity index (χ1) is 19.5. The molecule has 0 spiro atoms. The van der Waals surface area contributed by atoms with Gasteiger partial charge in [-0.3, -0.25) is 9.34 Å². The van der Waals surface area contributed by atoms with Crippen LogP contribution in [0.1, 0.15) is 74.8 Å². The zero-order valence-electron chi connectivity index (χ0n) is 27.3. The molecule has 0 unspecified atom stereocenters. The summed E-state index contributed by atoms with van der Waals surface area (Å²) < 4.78 is 24.5. The molecular formula is C33H53N3O3P2Zr+3. The molecule has 0 saturated heterocycles. The summed E-state index contributed by atoms with van der Waals surface area (Å²) in [5, 5.41) is 8.94. The second-order valence-electron chi connectivity index (χ2n) is 10.0. The molecule has 2 fully saturated rings. The molecule has 0 bridgehead atoms. The average Bonchev–Trinajstić information content (AvgIpc) is 3.68. The Balaban J connectivity index is 0. The van der Waals surface area contributed by atoms with E-state index >= 15 is 0 Å². The summed E-state index contributed by atoms with van der Waals surface area (Å²) in [4.78, 5) is 0. The summed E-state index contributed by atoms with van der Waals surface area (Å²) in [6.07, 6.45) is 20.0. The second kappa shape index (κ2) is 27.5. The normalized spacial score (nSPS) is 14.4. The topological polar surface area (TPSA) is 65.9 Å². The summed E-state index contributed by atoms with van der Waals surface area (Å²) in [5.74, 6) is 0. The molecule has 2 aliphatic rings. The molecule has 0 aromatic heterocycles. The molecule has 0 atom stereocenters. The van der Waals surface area contributed by atoms with Crippen molar-refractivity contribution in [2.45, 2.75) is 93.4 Å². The maximum Gasteiger partial charge on any atom is 3.00 e. The summed E-state index contributed by atoms with van der Waals surface area (Å²) in [7, 11) is -2.69. The van der Waals surface area contributed by atoms with E-state index < -0.39 is 16.5 Å². The van der Waals surface area contributed by atoms with Crippen molar-refractivity contribution < 1.29 is 39.8 Å². The Morgan fingerprint density at radius 3 is 1.31 bits per heavy atom. The van der Waals surface area contributed by atoms with Crippen molar-refractivity contribution in [1.82, 2.24) is 9.34 Å². The predicted octanol–water partition coefficient (Wildman–Crippen LogP) is 9.12. The van der Waals surface area contributed by atoms with Crippen LogP contribution in [0, 0.1) is 75.7 Å². The Morgan fingerprint density at radius 1 is 0.738 bits per heavy atom. The molecule has 0 aliphatic heterocycles. The summed E-state index contributed by atoms with van der Waals surface area (Å²) in [5.41, 5.74) is 1.61. The maximum absolute atomic E-state index is 10.3. The van der Waals surface area contributed by atoms with E-state index in [4.69, 9.17) is 5.41 Å². The van der Waals surface area contributed by atoms with Crippen molar-refractivity contribution in [1.29, 1.82) is 5.41 Å². The number of hydrogen-bond acceptors (Lipinski definition) is 6. The molecule has 0 heterocycles. The van der Waals surface area contributed by atoms with Gasteiger partial charge in [0.1, 0.15) is 13.2 Å². The number of benzene rings is 1. The number of rotatable bonds is 12. The van der Waals surface area contributed by atoms with Crippen molar-refractivity contribution in [3.63, 3.8) is 0 Å². The Kier molecular flexibility index (Phi) is 28.9. The van der Waals surface area contributed by atoms with Crippen LogP contribution in [-0.4, -0.2) is 52.2 Å². The Hall–Kier alpha value is 0.143. The zero-order chi connectivity index (χ0) is 31.2. The van der Waals surface area contributed by atoms with E-state index in [2.05, 4.69) is 79.8 Å². The van der Waals surface area contributed by atoms with Gasteiger partial charge in [0.05, 0.1) is 0 Å². The van der Waals surface area contributed by atoms with Gasteiger partial charge in [-0.2, -0.15) is 0 Å². The summed E-state index contributed by atoms with van der Waals surface area (Å²) in [6, 6.07) is 12.7. The predicted molar refractivity (Wildman–Crippen MR) is 177 cm³/mol. The molecule has 42 heavy (non-hydrogen) atoms. The molecule has 9 heteroatoms. The third-order valence-electron chi connectivity index (χ3n) is 5.30. The van der Waals surface area contributed by atoms with Crippen molar-refractivity contribution in [3.05, 3.63) is 100 Å². The first-order valence-electron chi connectivity index (χ1n) is 14.5. The summed E-state index contributed by atoms with van der Waals surface area (Å²) >= 11 is 0. The molecule has 0 amide bonds. The van der Waals surface area contributed by atoms with E-state index in [-0.39, 0.29) is 26.2 Å². The van der Waals surface area contributed by atoms with Crippen LogP contribution in [0.2, 0.25) is 0 Å². The van der Waals surface area contributed by atoms with Crippen molar-refractivity contribution in [2.75, 3.05) is 13.2 Å². The molecule has 229 valence electrons. The van der Waals surface area contributed by atoms with Gasteiger partial charge in [0.25, 0.3) is 0 Å².